The fourth-order valence-electron chi connectivity index (χ4n) is 4.53. The number of aromatic nitrogens is 2. The predicted octanol–water partition coefficient (Wildman–Crippen LogP) is 1.55. The van der Waals surface area contributed by atoms with Crippen LogP contribution in [0, 0.1) is 0 Å². The molecule has 0 N–H and O–H groups in total. The number of halogens is 1. The average molecular weight is 809 g/mol. The smallest absolute Gasteiger partial charge is 0.347 e. The van der Waals surface area contributed by atoms with Crippen molar-refractivity contribution in [2.24, 2.45) is 4.99 Å². The van der Waals surface area contributed by atoms with Gasteiger partial charge in [-0.2, -0.15) is 0 Å². The number of esters is 6. The van der Waals surface area contributed by atoms with Crippen LogP contribution in [0.3, 0.4) is 0 Å². The minimum Gasteiger partial charge on any atom is -0.451 e. The van der Waals surface area contributed by atoms with Gasteiger partial charge in [0.05, 0.1) is 22.2 Å². The molecule has 2 heterocycles. The third-order valence-electron chi connectivity index (χ3n) is 7.21. The molecule has 53 heavy (non-hydrogen) atoms. The summed E-state index contributed by atoms with van der Waals surface area (Å²) in [7, 11) is 0. The summed E-state index contributed by atoms with van der Waals surface area (Å²) in [5, 5.41) is 0. The number of rotatable bonds is 13. The van der Waals surface area contributed by atoms with Crippen LogP contribution in [0.5, 0.6) is 0 Å². The highest BCUT2D eigenvalue weighted by molar-refractivity contribution is 9.10. The van der Waals surface area contributed by atoms with Gasteiger partial charge in [0, 0.05) is 32.8 Å². The van der Waals surface area contributed by atoms with Gasteiger partial charge < -0.3 is 28.4 Å². The summed E-state index contributed by atoms with van der Waals surface area (Å²) in [6.45, 7) is 9.72. The topological polar surface area (TPSA) is 237 Å². The van der Waals surface area contributed by atoms with Crippen LogP contribution in [-0.2, 0) is 66.8 Å². The van der Waals surface area contributed by atoms with Crippen LogP contribution >= 0.6 is 15.9 Å². The molecule has 0 saturated carbocycles. The third-order valence-corrected chi connectivity index (χ3v) is 8.00. The SMILES string of the molecule is CC(=O)O[C@H](C)C(=O)O[C@H](C)C(=O)O[C@H](C)C(=O)O[C@H](C)C(=O)O[C@H](C)C(=O)O[C@H](C)C(=O)N1CCN=C1N(C(C)=O)c1ccc2nccnc2c1Br. The lowest BCUT2D eigenvalue weighted by Gasteiger charge is -2.29. The normalized spacial score (nSPS) is 15.7. The second-order valence-corrected chi connectivity index (χ2v) is 12.3. The molecule has 2 aromatic rings. The lowest BCUT2D eigenvalue weighted by molar-refractivity contribution is -0.187. The maximum Gasteiger partial charge on any atom is 0.347 e. The minimum atomic E-state index is -1.58. The highest BCUT2D eigenvalue weighted by atomic mass is 79.9. The van der Waals surface area contributed by atoms with Crippen LogP contribution in [0.2, 0.25) is 0 Å². The highest BCUT2D eigenvalue weighted by Gasteiger charge is 2.37. The van der Waals surface area contributed by atoms with Crippen LogP contribution < -0.4 is 4.90 Å². The molecule has 286 valence electrons. The van der Waals surface area contributed by atoms with Crippen LogP contribution in [0.15, 0.2) is 34.0 Å². The lowest BCUT2D eigenvalue weighted by Crippen LogP contribution is -2.51. The van der Waals surface area contributed by atoms with Crippen LogP contribution in [0.1, 0.15) is 55.4 Å². The summed E-state index contributed by atoms with van der Waals surface area (Å²) >= 11 is 3.47. The number of anilines is 1. The molecule has 1 aromatic heterocycles. The first kappa shape index (κ1) is 41.9. The first-order valence-corrected chi connectivity index (χ1v) is 16.9. The van der Waals surface area contributed by atoms with Crippen molar-refractivity contribution in [3.05, 3.63) is 29.0 Å². The largest absolute Gasteiger partial charge is 0.451 e. The van der Waals surface area contributed by atoms with Gasteiger partial charge in [0.25, 0.3) is 5.91 Å². The Morgan fingerprint density at radius 3 is 1.55 bits per heavy atom. The first-order chi connectivity index (χ1) is 24.8. The van der Waals surface area contributed by atoms with Crippen molar-refractivity contribution in [2.45, 2.75) is 92.0 Å². The van der Waals surface area contributed by atoms with E-state index in [2.05, 4.69) is 35.6 Å². The summed E-state index contributed by atoms with van der Waals surface area (Å²) in [6.07, 6.45) is -5.89. The Morgan fingerprint density at radius 2 is 1.09 bits per heavy atom. The fourth-order valence-corrected chi connectivity index (χ4v) is 5.14. The van der Waals surface area contributed by atoms with Crippen molar-refractivity contribution in [3.8, 4) is 0 Å². The average Bonchev–Trinajstić information content (AvgIpc) is 3.57. The van der Waals surface area contributed by atoms with Crippen molar-refractivity contribution in [2.75, 3.05) is 18.0 Å². The predicted molar refractivity (Wildman–Crippen MR) is 183 cm³/mol. The highest BCUT2D eigenvalue weighted by Crippen LogP contribution is 2.33. The van der Waals surface area contributed by atoms with E-state index in [0.29, 0.717) is 21.2 Å². The van der Waals surface area contributed by atoms with Gasteiger partial charge in [0.15, 0.2) is 36.6 Å². The van der Waals surface area contributed by atoms with Gasteiger partial charge in [-0.15, -0.1) is 0 Å². The van der Waals surface area contributed by atoms with E-state index in [1.54, 1.807) is 12.1 Å². The Kier molecular flexibility index (Phi) is 14.5. The molecule has 1 aromatic carbocycles. The molecular weight excluding hydrogens is 770 g/mol. The molecule has 0 unspecified atom stereocenters. The summed E-state index contributed by atoms with van der Waals surface area (Å²) in [4.78, 5) is 115. The van der Waals surface area contributed by atoms with Gasteiger partial charge in [0.2, 0.25) is 11.9 Å². The standard InChI is InChI=1S/C33H38BrN5O14/c1-15(27(42)38-14-13-37-33(38)39(21(7)40)24-10-9-23-26(25(24)34)36-12-11-35-23)49-29(44)17(3)51-31(46)19(5)53-32(47)20(6)52-30(45)18(4)50-28(43)16(2)48-22(8)41/h9-12,15-20H,13-14H2,1-8H3/t15-,16-,17-,18-,19-,20-/m1/s1. The fraction of sp³-hybridized carbons (Fsp3) is 0.485. The van der Waals surface area contributed by atoms with E-state index >= 15 is 0 Å². The van der Waals surface area contributed by atoms with Gasteiger partial charge >= 0.3 is 35.8 Å². The molecular formula is C33H38BrN5O14. The van der Waals surface area contributed by atoms with E-state index in [9.17, 15) is 38.4 Å². The third kappa shape index (κ3) is 10.7. The zero-order chi connectivity index (χ0) is 39.7. The molecule has 6 atom stereocenters. The van der Waals surface area contributed by atoms with E-state index < -0.39 is 84.3 Å². The second-order valence-electron chi connectivity index (χ2n) is 11.5. The molecule has 2 amide bonds. The summed E-state index contributed by atoms with van der Waals surface area (Å²) in [5.41, 5.74) is 1.38. The molecule has 1 aliphatic heterocycles. The number of hydrogen-bond acceptors (Lipinski definition) is 17. The van der Waals surface area contributed by atoms with E-state index in [4.69, 9.17) is 23.7 Å². The van der Waals surface area contributed by atoms with Crippen molar-refractivity contribution >= 4 is 86.2 Å². The summed E-state index contributed by atoms with van der Waals surface area (Å²) in [6, 6.07) is 3.28. The number of hydrogen-bond donors (Lipinski definition) is 0. The lowest BCUT2D eigenvalue weighted by atomic mass is 10.2. The van der Waals surface area contributed by atoms with Crippen molar-refractivity contribution in [1.29, 1.82) is 0 Å². The molecule has 0 fully saturated rings. The van der Waals surface area contributed by atoms with E-state index in [-0.39, 0.29) is 19.0 Å². The number of carbonyl (C=O) groups excluding carboxylic acids is 8. The van der Waals surface area contributed by atoms with E-state index in [1.807, 2.05) is 0 Å². The number of aliphatic imine (C=N–C) groups is 1. The molecule has 0 saturated heterocycles. The monoisotopic (exact) mass is 807 g/mol. The second kappa shape index (κ2) is 18.3. The zero-order valence-corrected chi connectivity index (χ0v) is 31.6. The Hall–Kier alpha value is -5.53. The Morgan fingerprint density at radius 1 is 0.660 bits per heavy atom. The summed E-state index contributed by atoms with van der Waals surface area (Å²) in [5.74, 6) is -7.54. The number of carbonyl (C=O) groups is 8. The van der Waals surface area contributed by atoms with Gasteiger partial charge in [0.1, 0.15) is 5.52 Å². The van der Waals surface area contributed by atoms with E-state index in [1.165, 1.54) is 49.9 Å². The van der Waals surface area contributed by atoms with Gasteiger partial charge in [-0.05, 0) is 69.6 Å². The molecule has 0 aliphatic carbocycles. The molecule has 0 radical (unpaired) electrons. The molecule has 1 aliphatic rings. The number of nitrogens with zero attached hydrogens (tertiary/aromatic N) is 5. The van der Waals surface area contributed by atoms with Crippen LogP contribution in [-0.4, -0.2) is 118 Å². The summed E-state index contributed by atoms with van der Waals surface area (Å²) < 4.78 is 30.2. The Labute approximate surface area is 311 Å². The van der Waals surface area contributed by atoms with Gasteiger partial charge in [-0.1, -0.05) is 0 Å². The Bertz CT molecular complexity index is 1820. The molecule has 19 nitrogen and oxygen atoms in total. The number of benzene rings is 1. The number of guanidine groups is 1. The van der Waals surface area contributed by atoms with Crippen molar-refractivity contribution in [3.63, 3.8) is 0 Å². The molecule has 0 bridgehead atoms. The van der Waals surface area contributed by atoms with Crippen LogP contribution in [0.4, 0.5) is 5.69 Å². The first-order valence-electron chi connectivity index (χ1n) is 16.1. The van der Waals surface area contributed by atoms with Gasteiger partial charge in [-0.3, -0.25) is 34.2 Å². The maximum atomic E-state index is 13.5. The van der Waals surface area contributed by atoms with Crippen molar-refractivity contribution < 1.29 is 66.8 Å². The maximum absolute atomic E-state index is 13.5. The molecule has 0 spiro atoms. The number of amides is 2. The minimum absolute atomic E-state index is 0.00583. The van der Waals surface area contributed by atoms with Gasteiger partial charge in [-0.25, -0.2) is 28.9 Å². The number of ether oxygens (including phenoxy) is 6. The number of fused-ring (bicyclic) bond motifs is 1. The van der Waals surface area contributed by atoms with Crippen molar-refractivity contribution in [1.82, 2.24) is 14.9 Å². The van der Waals surface area contributed by atoms with Crippen LogP contribution in [0.25, 0.3) is 11.0 Å². The Balaban J connectivity index is 1.54. The zero-order valence-electron chi connectivity index (χ0n) is 30.0. The molecule has 3 rings (SSSR count). The van der Waals surface area contributed by atoms with E-state index in [0.717, 1.165) is 27.7 Å². The quantitative estimate of drug-likeness (QED) is 0.206. The molecule has 20 heteroatoms.